The van der Waals surface area contributed by atoms with Gasteiger partial charge in [0.1, 0.15) is 5.00 Å². The van der Waals surface area contributed by atoms with Crippen molar-refractivity contribution in [3.63, 3.8) is 0 Å². The van der Waals surface area contributed by atoms with Gasteiger partial charge in [-0.05, 0) is 42.7 Å². The van der Waals surface area contributed by atoms with Gasteiger partial charge in [0.05, 0.1) is 12.7 Å². The number of anilines is 1. The molecule has 5 heteroatoms. The van der Waals surface area contributed by atoms with E-state index < -0.39 is 0 Å². The van der Waals surface area contributed by atoms with Crippen LogP contribution in [-0.4, -0.2) is 19.0 Å². The van der Waals surface area contributed by atoms with Crippen molar-refractivity contribution >= 4 is 28.2 Å². The van der Waals surface area contributed by atoms with Crippen molar-refractivity contribution in [2.45, 2.75) is 31.6 Å². The number of hydrogen-bond donors (Lipinski definition) is 1. The summed E-state index contributed by atoms with van der Waals surface area (Å²) < 4.78 is 4.93. The zero-order valence-electron chi connectivity index (χ0n) is 13.5. The highest BCUT2D eigenvalue weighted by Gasteiger charge is 2.44. The molecule has 0 radical (unpaired) electrons. The van der Waals surface area contributed by atoms with E-state index in [0.29, 0.717) is 16.5 Å². The maximum absolute atomic E-state index is 12.6. The molecule has 1 N–H and O–H groups in total. The molecule has 1 heterocycles. The molecule has 1 aromatic carbocycles. The van der Waals surface area contributed by atoms with Gasteiger partial charge in [-0.3, -0.25) is 4.79 Å². The number of carbonyl (C=O) groups excluding carboxylic acids is 2. The zero-order chi connectivity index (χ0) is 16.7. The fourth-order valence-corrected chi connectivity index (χ4v) is 4.85. The summed E-state index contributed by atoms with van der Waals surface area (Å²) in [6.07, 6.45) is 3.81. The third-order valence-corrected chi connectivity index (χ3v) is 6.11. The topological polar surface area (TPSA) is 55.4 Å². The molecule has 2 atom stereocenters. The highest BCUT2D eigenvalue weighted by Crippen LogP contribution is 2.48. The first-order valence-corrected chi connectivity index (χ1v) is 9.09. The summed E-state index contributed by atoms with van der Waals surface area (Å²) >= 11 is 1.53. The SMILES string of the molecule is COC(=O)c1c(NC(=O)[C@@H]2C[C@@H]2c2ccccc2)sc2c1CCC2. The van der Waals surface area contributed by atoms with Gasteiger partial charge < -0.3 is 10.1 Å². The second-order valence-electron chi connectivity index (χ2n) is 6.40. The third kappa shape index (κ3) is 2.63. The number of rotatable bonds is 4. The average molecular weight is 341 g/mol. The number of ether oxygens (including phenoxy) is 1. The molecule has 0 saturated heterocycles. The number of nitrogens with one attached hydrogen (secondary N) is 1. The first-order chi connectivity index (χ1) is 11.7. The van der Waals surface area contributed by atoms with Crippen molar-refractivity contribution in [2.75, 3.05) is 12.4 Å². The molecular formula is C19H19NO3S. The number of thiophene rings is 1. The van der Waals surface area contributed by atoms with Crippen LogP contribution in [0.2, 0.25) is 0 Å². The summed E-state index contributed by atoms with van der Waals surface area (Å²) in [5.74, 6) is -0.0524. The lowest BCUT2D eigenvalue weighted by atomic mass is 10.1. The summed E-state index contributed by atoms with van der Waals surface area (Å²) in [6, 6.07) is 10.1. The van der Waals surface area contributed by atoms with Crippen LogP contribution in [0.1, 0.15) is 45.1 Å². The summed E-state index contributed by atoms with van der Waals surface area (Å²) in [5, 5.41) is 3.66. The largest absolute Gasteiger partial charge is 0.465 e. The van der Waals surface area contributed by atoms with Gasteiger partial charge in [-0.1, -0.05) is 30.3 Å². The highest BCUT2D eigenvalue weighted by molar-refractivity contribution is 7.17. The molecule has 0 bridgehead atoms. The molecule has 0 aliphatic heterocycles. The van der Waals surface area contributed by atoms with Crippen LogP contribution < -0.4 is 5.32 Å². The Morgan fingerprint density at radius 3 is 2.75 bits per heavy atom. The maximum atomic E-state index is 12.6. The number of aryl methyl sites for hydroxylation is 1. The Morgan fingerprint density at radius 2 is 2.00 bits per heavy atom. The molecule has 0 unspecified atom stereocenters. The second-order valence-corrected chi connectivity index (χ2v) is 7.51. The van der Waals surface area contributed by atoms with Crippen molar-refractivity contribution in [3.05, 3.63) is 51.9 Å². The Kier molecular flexibility index (Phi) is 3.88. The van der Waals surface area contributed by atoms with Crippen molar-refractivity contribution in [1.82, 2.24) is 0 Å². The summed E-state index contributed by atoms with van der Waals surface area (Å²) in [6.45, 7) is 0. The number of carbonyl (C=O) groups is 2. The van der Waals surface area contributed by atoms with E-state index in [4.69, 9.17) is 4.74 Å². The Hall–Kier alpha value is -2.14. The molecular weight excluding hydrogens is 322 g/mol. The second kappa shape index (κ2) is 6.06. The molecule has 1 amide bonds. The third-order valence-electron chi connectivity index (χ3n) is 4.90. The van der Waals surface area contributed by atoms with Gasteiger partial charge in [-0.15, -0.1) is 11.3 Å². The van der Waals surface area contributed by atoms with Crippen LogP contribution in [0.15, 0.2) is 30.3 Å². The number of fused-ring (bicyclic) bond motifs is 1. The van der Waals surface area contributed by atoms with E-state index in [1.807, 2.05) is 18.2 Å². The van der Waals surface area contributed by atoms with E-state index in [-0.39, 0.29) is 17.8 Å². The molecule has 0 spiro atoms. The highest BCUT2D eigenvalue weighted by atomic mass is 32.1. The summed E-state index contributed by atoms with van der Waals surface area (Å²) in [5.41, 5.74) is 2.84. The molecule has 24 heavy (non-hydrogen) atoms. The van der Waals surface area contributed by atoms with Crippen LogP contribution in [0.4, 0.5) is 5.00 Å². The van der Waals surface area contributed by atoms with Gasteiger partial charge in [-0.25, -0.2) is 4.79 Å². The van der Waals surface area contributed by atoms with Gasteiger partial charge in [0, 0.05) is 10.8 Å². The monoisotopic (exact) mass is 341 g/mol. The lowest BCUT2D eigenvalue weighted by molar-refractivity contribution is -0.117. The zero-order valence-corrected chi connectivity index (χ0v) is 14.3. The van der Waals surface area contributed by atoms with Crippen molar-refractivity contribution < 1.29 is 14.3 Å². The molecule has 2 aliphatic rings. The minimum Gasteiger partial charge on any atom is -0.465 e. The number of esters is 1. The fraction of sp³-hybridized carbons (Fsp3) is 0.368. The van der Waals surface area contributed by atoms with E-state index in [2.05, 4.69) is 17.4 Å². The normalized spacial score (nSPS) is 21.2. The Balaban J connectivity index is 1.52. The standard InChI is InChI=1S/C19H19NO3S/c1-23-19(22)16-12-8-5-9-15(12)24-18(16)20-17(21)14-10-13(14)11-6-3-2-4-7-11/h2-4,6-7,13-14H,5,8-10H2,1H3,(H,20,21)/t13-,14-/m1/s1. The number of amides is 1. The maximum Gasteiger partial charge on any atom is 0.341 e. The molecule has 2 aliphatic carbocycles. The van der Waals surface area contributed by atoms with Gasteiger partial charge in [-0.2, -0.15) is 0 Å². The van der Waals surface area contributed by atoms with Gasteiger partial charge >= 0.3 is 5.97 Å². The summed E-state index contributed by atoms with van der Waals surface area (Å²) in [7, 11) is 1.39. The number of methoxy groups -OCH3 is 1. The van der Waals surface area contributed by atoms with E-state index >= 15 is 0 Å². The van der Waals surface area contributed by atoms with Gasteiger partial charge in [0.15, 0.2) is 0 Å². The van der Waals surface area contributed by atoms with Crippen LogP contribution in [0, 0.1) is 5.92 Å². The van der Waals surface area contributed by atoms with E-state index in [1.165, 1.54) is 28.9 Å². The quantitative estimate of drug-likeness (QED) is 0.862. The van der Waals surface area contributed by atoms with Crippen LogP contribution >= 0.6 is 11.3 Å². The van der Waals surface area contributed by atoms with Crippen LogP contribution in [0.5, 0.6) is 0 Å². The van der Waals surface area contributed by atoms with Crippen LogP contribution in [0.25, 0.3) is 0 Å². The fourth-order valence-electron chi connectivity index (χ4n) is 3.57. The number of hydrogen-bond acceptors (Lipinski definition) is 4. The smallest absolute Gasteiger partial charge is 0.341 e. The molecule has 1 aromatic heterocycles. The lowest BCUT2D eigenvalue weighted by Gasteiger charge is -2.07. The van der Waals surface area contributed by atoms with Gasteiger partial charge in [0.25, 0.3) is 0 Å². The predicted molar refractivity (Wildman–Crippen MR) is 93.6 cm³/mol. The van der Waals surface area contributed by atoms with Gasteiger partial charge in [0.2, 0.25) is 5.91 Å². The predicted octanol–water partition coefficient (Wildman–Crippen LogP) is 3.77. The lowest BCUT2D eigenvalue weighted by Crippen LogP contribution is -2.16. The van der Waals surface area contributed by atoms with Crippen LogP contribution in [0.3, 0.4) is 0 Å². The molecule has 1 fully saturated rings. The van der Waals surface area contributed by atoms with Crippen molar-refractivity contribution in [1.29, 1.82) is 0 Å². The Morgan fingerprint density at radius 1 is 1.21 bits per heavy atom. The van der Waals surface area contributed by atoms with Crippen molar-refractivity contribution in [2.24, 2.45) is 5.92 Å². The molecule has 1 saturated carbocycles. The molecule has 2 aromatic rings. The average Bonchev–Trinajstić information content (AvgIpc) is 3.17. The van der Waals surface area contributed by atoms with Crippen LogP contribution in [-0.2, 0) is 22.4 Å². The molecule has 124 valence electrons. The van der Waals surface area contributed by atoms with E-state index in [1.54, 1.807) is 0 Å². The first kappa shape index (κ1) is 15.4. The molecule has 4 nitrogen and oxygen atoms in total. The Labute approximate surface area is 144 Å². The minimum absolute atomic E-state index is 0.00478. The number of benzene rings is 1. The van der Waals surface area contributed by atoms with Crippen molar-refractivity contribution in [3.8, 4) is 0 Å². The Bertz CT molecular complexity index is 796. The molecule has 4 rings (SSSR count). The summed E-state index contributed by atoms with van der Waals surface area (Å²) in [4.78, 5) is 25.9. The minimum atomic E-state index is -0.347. The van der Waals surface area contributed by atoms with E-state index in [9.17, 15) is 9.59 Å². The van der Waals surface area contributed by atoms with E-state index in [0.717, 1.165) is 31.2 Å². The first-order valence-electron chi connectivity index (χ1n) is 8.27.